The maximum absolute atomic E-state index is 10.7. The van der Waals surface area contributed by atoms with Gasteiger partial charge in [0, 0.05) is 6.20 Å². The van der Waals surface area contributed by atoms with Crippen LogP contribution in [0.3, 0.4) is 0 Å². The fourth-order valence-corrected chi connectivity index (χ4v) is 8.71. The molecular weight excluding hydrogens is 376 g/mol. The van der Waals surface area contributed by atoms with E-state index in [2.05, 4.69) is 31.0 Å². The summed E-state index contributed by atoms with van der Waals surface area (Å²) in [5.74, 6) is 2.18. The SMILES string of the molecule is C[C@]12CCc3nc(-c4ccccn4)sc3C1=CC[C@@H]1[C@@H]2CC[C@]2(C)C(O)CC[C@@H]12. The lowest BCUT2D eigenvalue weighted by atomic mass is 9.48. The third-order valence-electron chi connectivity index (χ3n) is 9.12. The number of thiazole rings is 1. The Bertz CT molecular complexity index is 982. The lowest BCUT2D eigenvalue weighted by Crippen LogP contribution is -2.50. The van der Waals surface area contributed by atoms with E-state index >= 15 is 0 Å². The lowest BCUT2D eigenvalue weighted by Gasteiger charge is -2.56. The van der Waals surface area contributed by atoms with E-state index in [4.69, 9.17) is 4.98 Å². The van der Waals surface area contributed by atoms with E-state index in [1.54, 1.807) is 5.57 Å². The van der Waals surface area contributed by atoms with Crippen molar-refractivity contribution in [1.82, 2.24) is 9.97 Å². The normalized spacial score (nSPS) is 40.4. The number of hydrogen-bond donors (Lipinski definition) is 1. The molecule has 0 bridgehead atoms. The Balaban J connectivity index is 1.40. The van der Waals surface area contributed by atoms with E-state index in [1.165, 1.54) is 42.7 Å². The van der Waals surface area contributed by atoms with Crippen LogP contribution >= 0.6 is 11.3 Å². The first-order chi connectivity index (χ1) is 14.0. The van der Waals surface area contributed by atoms with Gasteiger partial charge in [0.1, 0.15) is 5.01 Å². The average molecular weight is 407 g/mol. The summed E-state index contributed by atoms with van der Waals surface area (Å²) in [6.07, 6.45) is 12.5. The topological polar surface area (TPSA) is 46.0 Å². The summed E-state index contributed by atoms with van der Waals surface area (Å²) in [5, 5.41) is 11.8. The highest BCUT2D eigenvalue weighted by molar-refractivity contribution is 7.16. The fraction of sp³-hybridized carbons (Fsp3) is 0.600. The number of rotatable bonds is 1. The van der Waals surface area contributed by atoms with Crippen molar-refractivity contribution in [2.45, 2.75) is 64.9 Å². The standard InChI is InChI=1S/C25H30N2OS/c1-24-13-11-19-22(29-23(27-19)20-5-3-4-14-26-20)18(24)7-6-15-16-8-9-21(28)25(16,2)12-10-17(15)24/h3-5,7,14-17,21,28H,6,8-13H2,1-2H3/t15-,16-,17-,21?,24+,25-/m0/s1. The van der Waals surface area contributed by atoms with Gasteiger partial charge in [0.15, 0.2) is 0 Å². The molecule has 1 unspecified atom stereocenters. The van der Waals surface area contributed by atoms with Crippen molar-refractivity contribution in [2.24, 2.45) is 28.6 Å². The lowest BCUT2D eigenvalue weighted by molar-refractivity contribution is -0.0579. The van der Waals surface area contributed by atoms with Crippen molar-refractivity contribution in [1.29, 1.82) is 0 Å². The quantitative estimate of drug-likeness (QED) is 0.656. The Kier molecular flexibility index (Phi) is 3.93. The molecule has 0 aromatic carbocycles. The maximum Gasteiger partial charge on any atom is 0.142 e. The Hall–Kier alpha value is -1.52. The summed E-state index contributed by atoms with van der Waals surface area (Å²) in [6.45, 7) is 4.90. The molecule has 6 rings (SSSR count). The number of aliphatic hydroxyl groups excluding tert-OH is 1. The molecular formula is C25H30N2OS. The molecule has 0 radical (unpaired) electrons. The van der Waals surface area contributed by atoms with Gasteiger partial charge in [-0.1, -0.05) is 26.0 Å². The molecule has 29 heavy (non-hydrogen) atoms. The molecule has 0 spiro atoms. The Morgan fingerprint density at radius 3 is 2.83 bits per heavy atom. The van der Waals surface area contributed by atoms with Gasteiger partial charge in [0.2, 0.25) is 0 Å². The van der Waals surface area contributed by atoms with Crippen LogP contribution in [0.4, 0.5) is 0 Å². The number of aromatic nitrogens is 2. The highest BCUT2D eigenvalue weighted by atomic mass is 32.1. The van der Waals surface area contributed by atoms with Crippen molar-refractivity contribution < 1.29 is 5.11 Å². The van der Waals surface area contributed by atoms with Crippen LogP contribution in [-0.2, 0) is 6.42 Å². The van der Waals surface area contributed by atoms with E-state index in [0.717, 1.165) is 35.4 Å². The fourth-order valence-electron chi connectivity index (χ4n) is 7.45. The largest absolute Gasteiger partial charge is 0.393 e. The van der Waals surface area contributed by atoms with E-state index in [-0.39, 0.29) is 16.9 Å². The first-order valence-electron chi connectivity index (χ1n) is 11.3. The smallest absolute Gasteiger partial charge is 0.142 e. The second kappa shape index (κ2) is 6.24. The molecule has 0 amide bonds. The van der Waals surface area contributed by atoms with Crippen LogP contribution in [-0.4, -0.2) is 21.2 Å². The van der Waals surface area contributed by atoms with Crippen molar-refractivity contribution >= 4 is 16.9 Å². The van der Waals surface area contributed by atoms with Gasteiger partial charge in [-0.3, -0.25) is 4.98 Å². The molecule has 0 saturated heterocycles. The first-order valence-corrected chi connectivity index (χ1v) is 12.1. The van der Waals surface area contributed by atoms with Crippen molar-refractivity contribution in [3.63, 3.8) is 0 Å². The molecule has 2 aromatic heterocycles. The van der Waals surface area contributed by atoms with Gasteiger partial charge in [0.05, 0.1) is 22.4 Å². The van der Waals surface area contributed by atoms with Crippen LogP contribution in [0.15, 0.2) is 30.5 Å². The number of nitrogens with zero attached hydrogens (tertiary/aromatic N) is 2. The molecule has 0 aliphatic heterocycles. The van der Waals surface area contributed by atoms with Crippen molar-refractivity contribution in [3.05, 3.63) is 41.0 Å². The Labute approximate surface area is 177 Å². The van der Waals surface area contributed by atoms with Crippen LogP contribution in [0.1, 0.15) is 62.9 Å². The summed E-state index contributed by atoms with van der Waals surface area (Å²) in [7, 11) is 0. The first kappa shape index (κ1) is 18.3. The minimum absolute atomic E-state index is 0.0907. The van der Waals surface area contributed by atoms with Gasteiger partial charge in [0.25, 0.3) is 0 Å². The zero-order chi connectivity index (χ0) is 19.8. The van der Waals surface area contributed by atoms with Gasteiger partial charge < -0.3 is 5.11 Å². The zero-order valence-corrected chi connectivity index (χ0v) is 18.2. The van der Waals surface area contributed by atoms with Gasteiger partial charge in [-0.05, 0) is 91.2 Å². The number of fused-ring (bicyclic) bond motifs is 7. The summed E-state index contributed by atoms with van der Waals surface area (Å²) >= 11 is 1.85. The molecule has 4 aliphatic carbocycles. The maximum atomic E-state index is 10.7. The van der Waals surface area contributed by atoms with Crippen LogP contribution < -0.4 is 0 Å². The summed E-state index contributed by atoms with van der Waals surface area (Å²) in [5.41, 5.74) is 4.27. The van der Waals surface area contributed by atoms with Crippen LogP contribution in [0, 0.1) is 28.6 Å². The number of aryl methyl sites for hydroxylation is 1. The minimum atomic E-state index is -0.0907. The molecule has 4 heteroatoms. The molecule has 152 valence electrons. The van der Waals surface area contributed by atoms with Crippen molar-refractivity contribution in [2.75, 3.05) is 0 Å². The number of aliphatic hydroxyl groups is 1. The second-order valence-electron chi connectivity index (χ2n) is 10.3. The second-order valence-corrected chi connectivity index (χ2v) is 11.3. The number of hydrogen-bond acceptors (Lipinski definition) is 4. The van der Waals surface area contributed by atoms with Crippen molar-refractivity contribution in [3.8, 4) is 10.7 Å². The van der Waals surface area contributed by atoms with E-state index in [9.17, 15) is 5.11 Å². The highest BCUT2D eigenvalue weighted by Gasteiger charge is 2.58. The van der Waals surface area contributed by atoms with Crippen LogP contribution in [0.25, 0.3) is 16.3 Å². The molecule has 2 aromatic rings. The van der Waals surface area contributed by atoms with Gasteiger partial charge in [-0.15, -0.1) is 11.3 Å². The zero-order valence-electron chi connectivity index (χ0n) is 17.4. The summed E-state index contributed by atoms with van der Waals surface area (Å²) < 4.78 is 0. The van der Waals surface area contributed by atoms with Gasteiger partial charge >= 0.3 is 0 Å². The van der Waals surface area contributed by atoms with Gasteiger partial charge in [-0.25, -0.2) is 4.98 Å². The average Bonchev–Trinajstić information content (AvgIpc) is 3.29. The monoisotopic (exact) mass is 406 g/mol. The summed E-state index contributed by atoms with van der Waals surface area (Å²) in [4.78, 5) is 11.0. The molecule has 3 nitrogen and oxygen atoms in total. The van der Waals surface area contributed by atoms with Crippen LogP contribution in [0.2, 0.25) is 0 Å². The Morgan fingerprint density at radius 2 is 2.00 bits per heavy atom. The van der Waals surface area contributed by atoms with E-state index in [0.29, 0.717) is 5.92 Å². The third kappa shape index (κ3) is 2.45. The van der Waals surface area contributed by atoms with Crippen LogP contribution in [0.5, 0.6) is 0 Å². The summed E-state index contributed by atoms with van der Waals surface area (Å²) in [6, 6.07) is 6.09. The molecule has 1 N–H and O–H groups in total. The molecule has 2 saturated carbocycles. The van der Waals surface area contributed by atoms with Gasteiger partial charge in [-0.2, -0.15) is 0 Å². The minimum Gasteiger partial charge on any atom is -0.393 e. The predicted molar refractivity (Wildman–Crippen MR) is 117 cm³/mol. The third-order valence-corrected chi connectivity index (χ3v) is 10.3. The predicted octanol–water partition coefficient (Wildman–Crippen LogP) is 5.75. The molecule has 2 heterocycles. The molecule has 6 atom stereocenters. The van der Waals surface area contributed by atoms with E-state index in [1.807, 2.05) is 29.7 Å². The Morgan fingerprint density at radius 1 is 1.10 bits per heavy atom. The van der Waals surface area contributed by atoms with E-state index < -0.39 is 0 Å². The number of pyridine rings is 1. The number of allylic oxidation sites excluding steroid dienone is 2. The highest BCUT2D eigenvalue weighted by Crippen LogP contribution is 2.66. The molecule has 2 fully saturated rings. The molecule has 4 aliphatic rings.